The van der Waals surface area contributed by atoms with Gasteiger partial charge in [-0.05, 0) is 12.5 Å². The van der Waals surface area contributed by atoms with Crippen molar-refractivity contribution in [2.75, 3.05) is 18.1 Å². The average molecular weight is 320 g/mol. The van der Waals surface area contributed by atoms with E-state index in [2.05, 4.69) is 0 Å². The zero-order chi connectivity index (χ0) is 15.2. The Labute approximate surface area is 121 Å². The van der Waals surface area contributed by atoms with Gasteiger partial charge in [0.1, 0.15) is 0 Å². The van der Waals surface area contributed by atoms with E-state index in [-0.39, 0.29) is 22.9 Å². The number of nitro benzene ring substituents is 1. The Morgan fingerprint density at radius 2 is 2.15 bits per heavy atom. The number of hydrogen-bond acceptors (Lipinski definition) is 6. The van der Waals surface area contributed by atoms with Crippen molar-refractivity contribution in [1.82, 2.24) is 0 Å². The minimum absolute atomic E-state index is 0.103. The second kappa shape index (κ2) is 7.46. The molecule has 1 aromatic rings. The monoisotopic (exact) mass is 320 g/mol. The molecule has 0 aliphatic heterocycles. The zero-order valence-corrected chi connectivity index (χ0v) is 12.6. The summed E-state index contributed by atoms with van der Waals surface area (Å²) in [5, 5.41) is 15.8. The minimum Gasteiger partial charge on any atom is -0.487 e. The second-order valence-electron chi connectivity index (χ2n) is 3.95. The van der Waals surface area contributed by atoms with Crippen LogP contribution in [0.15, 0.2) is 23.1 Å². The number of primary sulfonamides is 1. The van der Waals surface area contributed by atoms with E-state index in [9.17, 15) is 18.5 Å². The molecule has 112 valence electrons. The van der Waals surface area contributed by atoms with Crippen molar-refractivity contribution in [3.63, 3.8) is 0 Å². The number of ether oxygens (including phenoxy) is 1. The molecule has 20 heavy (non-hydrogen) atoms. The highest BCUT2D eigenvalue weighted by Gasteiger charge is 2.16. The van der Waals surface area contributed by atoms with E-state index >= 15 is 0 Å². The predicted molar refractivity (Wildman–Crippen MR) is 77.6 cm³/mol. The third-order valence-electron chi connectivity index (χ3n) is 2.23. The fraction of sp³-hybridized carbons (Fsp3) is 0.455. The first-order valence-corrected chi connectivity index (χ1v) is 8.58. The first kappa shape index (κ1) is 16.7. The van der Waals surface area contributed by atoms with Crippen molar-refractivity contribution in [2.45, 2.75) is 18.2 Å². The first-order chi connectivity index (χ1) is 9.33. The smallest absolute Gasteiger partial charge is 0.310 e. The van der Waals surface area contributed by atoms with E-state index in [1.807, 2.05) is 6.92 Å². The van der Waals surface area contributed by atoms with Gasteiger partial charge in [-0.25, -0.2) is 13.6 Å². The van der Waals surface area contributed by atoms with E-state index < -0.39 is 14.9 Å². The van der Waals surface area contributed by atoms with Crippen LogP contribution in [0, 0.1) is 10.1 Å². The van der Waals surface area contributed by atoms with Crippen LogP contribution in [0.1, 0.15) is 13.3 Å². The Balaban J connectivity index is 2.80. The molecule has 0 aliphatic carbocycles. The van der Waals surface area contributed by atoms with Crippen molar-refractivity contribution in [2.24, 2.45) is 5.14 Å². The lowest BCUT2D eigenvalue weighted by Gasteiger charge is -2.07. The molecule has 0 spiro atoms. The summed E-state index contributed by atoms with van der Waals surface area (Å²) in [7, 11) is -3.50. The lowest BCUT2D eigenvalue weighted by atomic mass is 10.3. The number of thioether (sulfide) groups is 1. The predicted octanol–water partition coefficient (Wildman–Crippen LogP) is 1.76. The van der Waals surface area contributed by atoms with Gasteiger partial charge in [0.25, 0.3) is 0 Å². The maximum absolute atomic E-state index is 10.9. The number of benzene rings is 1. The van der Waals surface area contributed by atoms with E-state index in [1.54, 1.807) is 12.1 Å². The van der Waals surface area contributed by atoms with Gasteiger partial charge in [0.2, 0.25) is 10.0 Å². The third kappa shape index (κ3) is 5.76. The second-order valence-corrected chi connectivity index (χ2v) is 6.85. The Morgan fingerprint density at radius 3 is 2.70 bits per heavy atom. The fourth-order valence-electron chi connectivity index (χ4n) is 1.34. The molecule has 0 saturated heterocycles. The Kier molecular flexibility index (Phi) is 6.24. The summed E-state index contributed by atoms with van der Waals surface area (Å²) in [4.78, 5) is 11.1. The van der Waals surface area contributed by atoms with Gasteiger partial charge in [-0.2, -0.15) is 0 Å². The van der Waals surface area contributed by atoms with Crippen LogP contribution >= 0.6 is 11.8 Å². The van der Waals surface area contributed by atoms with Crippen LogP contribution in [0.25, 0.3) is 0 Å². The van der Waals surface area contributed by atoms with Crippen molar-refractivity contribution < 1.29 is 18.1 Å². The molecular formula is C11H16N2O5S2. The normalized spacial score (nSPS) is 11.3. The summed E-state index contributed by atoms with van der Waals surface area (Å²) in [6.45, 7) is 2.28. The number of nitrogens with zero attached hydrogens (tertiary/aromatic N) is 1. The van der Waals surface area contributed by atoms with Gasteiger partial charge < -0.3 is 4.74 Å². The van der Waals surface area contributed by atoms with Crippen LogP contribution in [0.4, 0.5) is 5.69 Å². The van der Waals surface area contributed by atoms with E-state index in [1.165, 1.54) is 17.8 Å². The Morgan fingerprint density at radius 1 is 1.45 bits per heavy atom. The highest BCUT2D eigenvalue weighted by Crippen LogP contribution is 2.32. The van der Waals surface area contributed by atoms with Crippen molar-refractivity contribution in [3.8, 4) is 5.75 Å². The van der Waals surface area contributed by atoms with Gasteiger partial charge in [-0.3, -0.25) is 10.1 Å². The molecule has 1 aromatic carbocycles. The molecule has 0 aromatic heterocycles. The van der Waals surface area contributed by atoms with E-state index in [4.69, 9.17) is 9.88 Å². The topological polar surface area (TPSA) is 113 Å². The van der Waals surface area contributed by atoms with Crippen LogP contribution in [0.2, 0.25) is 0 Å². The summed E-state index contributed by atoms with van der Waals surface area (Å²) in [6.07, 6.45) is 0.736. The van der Waals surface area contributed by atoms with Crippen LogP contribution in [-0.4, -0.2) is 31.5 Å². The summed E-state index contributed by atoms with van der Waals surface area (Å²) in [5.41, 5.74) is -0.103. The van der Waals surface area contributed by atoms with Crippen molar-refractivity contribution >= 4 is 27.5 Å². The van der Waals surface area contributed by atoms with Gasteiger partial charge in [0.15, 0.2) is 5.75 Å². The third-order valence-corrected chi connectivity index (χ3v) is 4.25. The minimum atomic E-state index is -3.50. The highest BCUT2D eigenvalue weighted by molar-refractivity contribution is 8.00. The maximum atomic E-state index is 10.9. The lowest BCUT2D eigenvalue weighted by molar-refractivity contribution is -0.385. The van der Waals surface area contributed by atoms with Crippen molar-refractivity contribution in [3.05, 3.63) is 28.3 Å². The highest BCUT2D eigenvalue weighted by atomic mass is 32.2. The molecule has 9 heteroatoms. The standard InChI is InChI=1S/C11H16N2O5S2/c1-2-5-18-11-8-9(3-4-10(11)13(14)15)19-6-7-20(12,16)17/h3-4,8H,2,5-7H2,1H3,(H2,12,16,17). The molecule has 2 N–H and O–H groups in total. The summed E-state index contributed by atoms with van der Waals surface area (Å²) < 4.78 is 27.0. The number of hydrogen-bond donors (Lipinski definition) is 1. The number of sulfonamides is 1. The summed E-state index contributed by atoms with van der Waals surface area (Å²) >= 11 is 1.25. The largest absolute Gasteiger partial charge is 0.487 e. The van der Waals surface area contributed by atoms with Gasteiger partial charge in [0, 0.05) is 22.8 Å². The Hall–Kier alpha value is -1.32. The molecule has 0 radical (unpaired) electrons. The molecule has 0 fully saturated rings. The quantitative estimate of drug-likeness (QED) is 0.443. The molecule has 0 amide bonds. The first-order valence-electron chi connectivity index (χ1n) is 5.88. The zero-order valence-electron chi connectivity index (χ0n) is 10.9. The van der Waals surface area contributed by atoms with Gasteiger partial charge in [-0.1, -0.05) is 6.92 Å². The number of rotatable bonds is 8. The van der Waals surface area contributed by atoms with Crippen LogP contribution in [0.5, 0.6) is 5.75 Å². The van der Waals surface area contributed by atoms with Crippen LogP contribution in [0.3, 0.4) is 0 Å². The average Bonchev–Trinajstić information content (AvgIpc) is 2.34. The van der Waals surface area contributed by atoms with Crippen LogP contribution in [-0.2, 0) is 10.0 Å². The van der Waals surface area contributed by atoms with E-state index in [0.717, 1.165) is 6.42 Å². The molecular weight excluding hydrogens is 304 g/mol. The number of nitro groups is 1. The molecule has 0 atom stereocenters. The van der Waals surface area contributed by atoms with Gasteiger partial charge >= 0.3 is 5.69 Å². The fourth-order valence-corrected chi connectivity index (χ4v) is 3.19. The summed E-state index contributed by atoms with van der Waals surface area (Å²) in [5.74, 6) is 0.321. The molecule has 0 unspecified atom stereocenters. The molecule has 0 heterocycles. The molecule has 0 saturated carbocycles. The summed E-state index contributed by atoms with van der Waals surface area (Å²) in [6, 6.07) is 4.45. The molecule has 0 aliphatic rings. The number of nitrogens with two attached hydrogens (primary N) is 1. The molecule has 1 rings (SSSR count). The van der Waals surface area contributed by atoms with Crippen LogP contribution < -0.4 is 9.88 Å². The molecule has 0 bridgehead atoms. The van der Waals surface area contributed by atoms with E-state index in [0.29, 0.717) is 11.5 Å². The van der Waals surface area contributed by atoms with Gasteiger partial charge in [0.05, 0.1) is 17.3 Å². The Bertz CT molecular complexity index is 574. The van der Waals surface area contributed by atoms with Gasteiger partial charge in [-0.15, -0.1) is 11.8 Å². The maximum Gasteiger partial charge on any atom is 0.310 e. The SMILES string of the molecule is CCCOc1cc(SCCS(N)(=O)=O)ccc1[N+](=O)[O-]. The van der Waals surface area contributed by atoms with Crippen molar-refractivity contribution in [1.29, 1.82) is 0 Å². The molecule has 7 nitrogen and oxygen atoms in total. The lowest BCUT2D eigenvalue weighted by Crippen LogP contribution is -2.17.